The van der Waals surface area contributed by atoms with E-state index in [2.05, 4.69) is 10.3 Å². The van der Waals surface area contributed by atoms with Gasteiger partial charge in [0.05, 0.1) is 12.3 Å². The van der Waals surface area contributed by atoms with Crippen molar-refractivity contribution in [1.82, 2.24) is 10.3 Å². The van der Waals surface area contributed by atoms with E-state index in [4.69, 9.17) is 14.9 Å². The highest BCUT2D eigenvalue weighted by atomic mass is 35.5. The number of rotatable bonds is 7. The molecule has 1 heterocycles. The van der Waals surface area contributed by atoms with Crippen LogP contribution in [-0.4, -0.2) is 37.2 Å². The maximum Gasteiger partial charge on any atom is 0.239 e. The number of nitrogens with two attached hydrogens (primary N) is 1. The third-order valence-electron chi connectivity index (χ3n) is 3.21. The Hall–Kier alpha value is -1.89. The lowest BCUT2D eigenvalue weighted by Crippen LogP contribution is -2.44. The van der Waals surface area contributed by atoms with Crippen LogP contribution in [0.4, 0.5) is 0 Å². The molecule has 1 aromatic carbocycles. The van der Waals surface area contributed by atoms with Crippen LogP contribution < -0.4 is 11.1 Å². The minimum absolute atomic E-state index is 0. The van der Waals surface area contributed by atoms with Gasteiger partial charge in [-0.25, -0.2) is 4.98 Å². The van der Waals surface area contributed by atoms with Crippen molar-refractivity contribution in [1.29, 1.82) is 0 Å². The lowest BCUT2D eigenvalue weighted by molar-refractivity contribution is -0.123. The van der Waals surface area contributed by atoms with Crippen molar-refractivity contribution >= 4 is 18.3 Å². The Bertz CT molecular complexity index is 613. The average molecular weight is 340 g/mol. The Morgan fingerprint density at radius 3 is 2.74 bits per heavy atom. The van der Waals surface area contributed by atoms with Crippen molar-refractivity contribution < 1.29 is 13.9 Å². The summed E-state index contributed by atoms with van der Waals surface area (Å²) in [6.07, 6.45) is 2.19. The Morgan fingerprint density at radius 1 is 1.39 bits per heavy atom. The summed E-state index contributed by atoms with van der Waals surface area (Å²) in [6, 6.07) is 7.31. The first-order valence-corrected chi connectivity index (χ1v) is 7.14. The molecule has 23 heavy (non-hydrogen) atoms. The number of halogens is 1. The molecule has 1 amide bonds. The maximum atomic E-state index is 11.6. The number of hydrogen-bond acceptors (Lipinski definition) is 5. The minimum atomic E-state index is -0.648. The molecule has 0 spiro atoms. The summed E-state index contributed by atoms with van der Waals surface area (Å²) in [4.78, 5) is 16.0. The number of carbonyl (C=O) groups is 1. The fourth-order valence-corrected chi connectivity index (χ4v) is 1.95. The number of nitrogens with one attached hydrogen (secondary N) is 1. The molecule has 126 valence electrons. The van der Waals surface area contributed by atoms with Crippen LogP contribution in [0.1, 0.15) is 11.3 Å². The van der Waals surface area contributed by atoms with Gasteiger partial charge in [0.2, 0.25) is 11.8 Å². The van der Waals surface area contributed by atoms with E-state index in [-0.39, 0.29) is 24.9 Å². The summed E-state index contributed by atoms with van der Waals surface area (Å²) in [6.45, 7) is 2.69. The van der Waals surface area contributed by atoms with Crippen LogP contribution >= 0.6 is 12.4 Å². The average Bonchev–Trinajstić information content (AvgIpc) is 2.97. The molecule has 0 saturated heterocycles. The van der Waals surface area contributed by atoms with E-state index in [9.17, 15) is 4.79 Å². The Balaban J connectivity index is 0.00000264. The van der Waals surface area contributed by atoms with E-state index in [0.29, 0.717) is 18.9 Å². The van der Waals surface area contributed by atoms with Crippen LogP contribution in [0, 0.1) is 6.92 Å². The highest BCUT2D eigenvalue weighted by molar-refractivity contribution is 5.85. The van der Waals surface area contributed by atoms with Crippen LogP contribution in [0.15, 0.2) is 34.9 Å². The second kappa shape index (κ2) is 9.29. The number of ether oxygens (including phenoxy) is 1. The third-order valence-corrected chi connectivity index (χ3v) is 3.21. The van der Waals surface area contributed by atoms with E-state index in [1.54, 1.807) is 6.26 Å². The van der Waals surface area contributed by atoms with E-state index < -0.39 is 6.04 Å². The number of aromatic nitrogens is 1. The Labute approximate surface area is 141 Å². The smallest absolute Gasteiger partial charge is 0.239 e. The monoisotopic (exact) mass is 339 g/mol. The molecule has 0 aliphatic carbocycles. The first kappa shape index (κ1) is 19.2. The third kappa shape index (κ3) is 5.67. The second-order valence-electron chi connectivity index (χ2n) is 5.11. The number of aryl methyl sites for hydroxylation is 1. The molecule has 0 bridgehead atoms. The molecule has 0 saturated carbocycles. The van der Waals surface area contributed by atoms with Crippen LogP contribution in [0.3, 0.4) is 0 Å². The molecule has 0 aliphatic rings. The highest BCUT2D eigenvalue weighted by Gasteiger charge is 2.12. The number of nitrogens with zero attached hydrogens (tertiary/aromatic N) is 1. The van der Waals surface area contributed by atoms with Gasteiger partial charge in [0.1, 0.15) is 12.3 Å². The molecule has 2 aromatic rings. The number of oxazole rings is 1. The molecule has 1 aromatic heterocycles. The van der Waals surface area contributed by atoms with Gasteiger partial charge < -0.3 is 20.2 Å². The second-order valence-corrected chi connectivity index (χ2v) is 5.11. The Kier molecular flexibility index (Phi) is 7.74. The van der Waals surface area contributed by atoms with Gasteiger partial charge in [0.15, 0.2) is 0 Å². The van der Waals surface area contributed by atoms with Gasteiger partial charge in [-0.2, -0.15) is 0 Å². The van der Waals surface area contributed by atoms with Gasteiger partial charge in [-0.1, -0.05) is 17.7 Å². The molecular weight excluding hydrogens is 318 g/mol. The summed E-state index contributed by atoms with van der Waals surface area (Å²) >= 11 is 0. The largest absolute Gasteiger partial charge is 0.444 e. The fraction of sp³-hybridized carbons (Fsp3) is 0.375. The molecule has 0 fully saturated rings. The van der Waals surface area contributed by atoms with Crippen molar-refractivity contribution in [2.45, 2.75) is 19.4 Å². The lowest BCUT2D eigenvalue weighted by Gasteiger charge is -2.10. The SMILES string of the molecule is COCC(N)C(=O)NCCc1coc(-c2ccc(C)cc2)n1.Cl. The standard InChI is InChI=1S/C16H21N3O3.ClH/c1-11-3-5-12(6-4-11)16-19-13(9-22-16)7-8-18-15(20)14(17)10-21-2;/h3-6,9,14H,7-8,10,17H2,1-2H3,(H,18,20);1H. The first-order chi connectivity index (χ1) is 10.6. The summed E-state index contributed by atoms with van der Waals surface area (Å²) in [5.74, 6) is 0.349. The molecule has 1 atom stereocenters. The normalized spacial score (nSPS) is 11.6. The topological polar surface area (TPSA) is 90.4 Å². The van der Waals surface area contributed by atoms with E-state index in [1.165, 1.54) is 12.7 Å². The molecule has 6 nitrogen and oxygen atoms in total. The minimum Gasteiger partial charge on any atom is -0.444 e. The fourth-order valence-electron chi connectivity index (χ4n) is 1.95. The number of benzene rings is 1. The molecule has 3 N–H and O–H groups in total. The quantitative estimate of drug-likeness (QED) is 0.801. The van der Waals surface area contributed by atoms with E-state index in [1.807, 2.05) is 31.2 Å². The van der Waals surface area contributed by atoms with Crippen LogP contribution in [0.2, 0.25) is 0 Å². The molecule has 0 aliphatic heterocycles. The van der Waals surface area contributed by atoms with Crippen LogP contribution in [0.5, 0.6) is 0 Å². The van der Waals surface area contributed by atoms with Gasteiger partial charge in [-0.05, 0) is 19.1 Å². The van der Waals surface area contributed by atoms with Crippen molar-refractivity contribution in [2.75, 3.05) is 20.3 Å². The van der Waals surface area contributed by atoms with E-state index >= 15 is 0 Å². The van der Waals surface area contributed by atoms with Gasteiger partial charge in [0, 0.05) is 25.6 Å². The summed E-state index contributed by atoms with van der Waals surface area (Å²) in [5.41, 5.74) is 8.54. The lowest BCUT2D eigenvalue weighted by atomic mass is 10.1. The van der Waals surface area contributed by atoms with Crippen LogP contribution in [0.25, 0.3) is 11.5 Å². The van der Waals surface area contributed by atoms with Gasteiger partial charge in [-0.15, -0.1) is 12.4 Å². The Morgan fingerprint density at radius 2 is 2.09 bits per heavy atom. The van der Waals surface area contributed by atoms with Gasteiger partial charge in [-0.3, -0.25) is 4.79 Å². The zero-order chi connectivity index (χ0) is 15.9. The zero-order valence-corrected chi connectivity index (χ0v) is 14.1. The number of methoxy groups -OCH3 is 1. The van der Waals surface area contributed by atoms with Gasteiger partial charge in [0.25, 0.3) is 0 Å². The summed E-state index contributed by atoms with van der Waals surface area (Å²) < 4.78 is 10.3. The van der Waals surface area contributed by atoms with Crippen molar-refractivity contribution in [3.8, 4) is 11.5 Å². The molecule has 0 radical (unpaired) electrons. The van der Waals surface area contributed by atoms with E-state index in [0.717, 1.165) is 11.3 Å². The summed E-state index contributed by atoms with van der Waals surface area (Å²) in [7, 11) is 1.51. The first-order valence-electron chi connectivity index (χ1n) is 7.14. The molecular formula is C16H22ClN3O3. The predicted molar refractivity (Wildman–Crippen MR) is 90.5 cm³/mol. The molecule has 7 heteroatoms. The van der Waals surface area contributed by atoms with Crippen molar-refractivity contribution in [3.63, 3.8) is 0 Å². The van der Waals surface area contributed by atoms with Gasteiger partial charge >= 0.3 is 0 Å². The van der Waals surface area contributed by atoms with Crippen LogP contribution in [-0.2, 0) is 16.0 Å². The predicted octanol–water partition coefficient (Wildman–Crippen LogP) is 1.70. The molecule has 2 rings (SSSR count). The van der Waals surface area contributed by atoms with Crippen molar-refractivity contribution in [2.24, 2.45) is 5.73 Å². The number of amides is 1. The summed E-state index contributed by atoms with van der Waals surface area (Å²) in [5, 5.41) is 2.75. The number of carbonyl (C=O) groups excluding carboxylic acids is 1. The molecule has 1 unspecified atom stereocenters. The number of hydrogen-bond donors (Lipinski definition) is 2. The maximum absolute atomic E-state index is 11.6. The highest BCUT2D eigenvalue weighted by Crippen LogP contribution is 2.19. The van der Waals surface area contributed by atoms with Crippen molar-refractivity contribution in [3.05, 3.63) is 41.8 Å². The zero-order valence-electron chi connectivity index (χ0n) is 13.2.